The highest BCUT2D eigenvalue weighted by Crippen LogP contribution is 2.27. The summed E-state index contributed by atoms with van der Waals surface area (Å²) in [7, 11) is 0. The summed E-state index contributed by atoms with van der Waals surface area (Å²) in [5.74, 6) is 0.482. The van der Waals surface area contributed by atoms with Gasteiger partial charge in [-0.2, -0.15) is 5.26 Å². The molecule has 1 aliphatic carbocycles. The number of nitrogens with zero attached hydrogens (tertiary/aromatic N) is 1. The molecule has 0 aliphatic heterocycles. The molecule has 1 aromatic carbocycles. The molecule has 0 radical (unpaired) electrons. The van der Waals surface area contributed by atoms with Crippen LogP contribution in [0.25, 0.3) is 0 Å². The van der Waals surface area contributed by atoms with Crippen molar-refractivity contribution in [1.82, 2.24) is 0 Å². The number of halogens is 1. The molecule has 0 amide bonds. The Labute approximate surface area is 106 Å². The fourth-order valence-electron chi connectivity index (χ4n) is 2.25. The first-order valence-electron chi connectivity index (χ1n) is 5.80. The molecule has 1 aliphatic rings. The fourth-order valence-corrected chi connectivity index (χ4v) is 2.42. The molecule has 0 heterocycles. The van der Waals surface area contributed by atoms with Crippen molar-refractivity contribution in [3.63, 3.8) is 0 Å². The van der Waals surface area contributed by atoms with Gasteiger partial charge in [0.1, 0.15) is 6.07 Å². The van der Waals surface area contributed by atoms with Crippen LogP contribution in [0.3, 0.4) is 0 Å². The summed E-state index contributed by atoms with van der Waals surface area (Å²) >= 11 is 5.90. The van der Waals surface area contributed by atoms with E-state index in [0.717, 1.165) is 31.5 Å². The van der Waals surface area contributed by atoms with Crippen LogP contribution in [0.1, 0.15) is 24.8 Å². The first kappa shape index (κ1) is 12.2. The van der Waals surface area contributed by atoms with E-state index in [-0.39, 0.29) is 6.10 Å². The van der Waals surface area contributed by atoms with Gasteiger partial charge in [0.15, 0.2) is 0 Å². The lowest BCUT2D eigenvalue weighted by molar-refractivity contribution is 0.178. The standard InChI is InChI=1S/C13H15ClN2O/c14-11-3-2-10(7-15)13(6-11)16-8-9-1-4-12(17)5-9/h2-3,6,9,12,16-17H,1,4-5,8H2. The Bertz CT molecular complexity index is 442. The number of nitrogens with one attached hydrogen (secondary N) is 1. The van der Waals surface area contributed by atoms with Crippen molar-refractivity contribution in [3.8, 4) is 6.07 Å². The molecule has 2 N–H and O–H groups in total. The first-order chi connectivity index (χ1) is 8.19. The Balaban J connectivity index is 1.99. The van der Waals surface area contributed by atoms with Crippen LogP contribution in [0.2, 0.25) is 5.02 Å². The molecular weight excluding hydrogens is 236 g/mol. The van der Waals surface area contributed by atoms with Crippen LogP contribution in [-0.2, 0) is 0 Å². The molecule has 90 valence electrons. The minimum absolute atomic E-state index is 0.156. The van der Waals surface area contributed by atoms with E-state index in [1.165, 1.54) is 0 Å². The van der Waals surface area contributed by atoms with Crippen LogP contribution < -0.4 is 5.32 Å². The van der Waals surface area contributed by atoms with Crippen LogP contribution in [0.4, 0.5) is 5.69 Å². The second-order valence-corrected chi connectivity index (χ2v) is 4.95. The average Bonchev–Trinajstić information content (AvgIpc) is 2.73. The third-order valence-corrected chi connectivity index (χ3v) is 3.43. The number of rotatable bonds is 3. The molecule has 0 spiro atoms. The largest absolute Gasteiger partial charge is 0.393 e. The Morgan fingerprint density at radius 3 is 2.94 bits per heavy atom. The highest BCUT2D eigenvalue weighted by atomic mass is 35.5. The monoisotopic (exact) mass is 250 g/mol. The molecule has 2 rings (SSSR count). The molecule has 4 heteroatoms. The number of benzene rings is 1. The van der Waals surface area contributed by atoms with Gasteiger partial charge in [-0.05, 0) is 43.4 Å². The smallest absolute Gasteiger partial charge is 0.101 e. The lowest BCUT2D eigenvalue weighted by Crippen LogP contribution is -2.13. The van der Waals surface area contributed by atoms with Crippen molar-refractivity contribution in [2.45, 2.75) is 25.4 Å². The van der Waals surface area contributed by atoms with Gasteiger partial charge in [-0.3, -0.25) is 0 Å². The third kappa shape index (κ3) is 3.12. The van der Waals surface area contributed by atoms with Gasteiger partial charge in [0.05, 0.1) is 17.4 Å². The average molecular weight is 251 g/mol. The van der Waals surface area contributed by atoms with Crippen LogP contribution in [0.15, 0.2) is 18.2 Å². The Morgan fingerprint density at radius 1 is 1.47 bits per heavy atom. The summed E-state index contributed by atoms with van der Waals surface area (Å²) in [5, 5.41) is 22.3. The Kier molecular flexibility index (Phi) is 3.88. The molecule has 3 nitrogen and oxygen atoms in total. The van der Waals surface area contributed by atoms with E-state index in [2.05, 4.69) is 11.4 Å². The van der Waals surface area contributed by atoms with Gasteiger partial charge in [-0.1, -0.05) is 11.6 Å². The second-order valence-electron chi connectivity index (χ2n) is 4.52. The molecule has 2 atom stereocenters. The predicted molar refractivity (Wildman–Crippen MR) is 68.0 cm³/mol. The number of hydrogen-bond acceptors (Lipinski definition) is 3. The highest BCUT2D eigenvalue weighted by molar-refractivity contribution is 6.30. The SMILES string of the molecule is N#Cc1ccc(Cl)cc1NCC1CCC(O)C1. The van der Waals surface area contributed by atoms with E-state index >= 15 is 0 Å². The fraction of sp³-hybridized carbons (Fsp3) is 0.462. The minimum Gasteiger partial charge on any atom is -0.393 e. The zero-order chi connectivity index (χ0) is 12.3. The van der Waals surface area contributed by atoms with Crippen molar-refractivity contribution in [2.24, 2.45) is 5.92 Å². The topological polar surface area (TPSA) is 56.0 Å². The summed E-state index contributed by atoms with van der Waals surface area (Å²) in [6, 6.07) is 7.34. The third-order valence-electron chi connectivity index (χ3n) is 3.20. The first-order valence-corrected chi connectivity index (χ1v) is 6.18. The van der Waals surface area contributed by atoms with Gasteiger partial charge in [0.25, 0.3) is 0 Å². The van der Waals surface area contributed by atoms with Gasteiger partial charge in [-0.15, -0.1) is 0 Å². The van der Waals surface area contributed by atoms with Crippen molar-refractivity contribution >= 4 is 17.3 Å². The van der Waals surface area contributed by atoms with Gasteiger partial charge < -0.3 is 10.4 Å². The van der Waals surface area contributed by atoms with Gasteiger partial charge in [-0.25, -0.2) is 0 Å². The van der Waals surface area contributed by atoms with Gasteiger partial charge in [0.2, 0.25) is 0 Å². The molecule has 0 aromatic heterocycles. The molecule has 17 heavy (non-hydrogen) atoms. The van der Waals surface area contributed by atoms with Crippen LogP contribution >= 0.6 is 11.6 Å². The molecular formula is C13H15ClN2O. The summed E-state index contributed by atoms with van der Waals surface area (Å²) in [4.78, 5) is 0. The zero-order valence-electron chi connectivity index (χ0n) is 9.49. The van der Waals surface area contributed by atoms with E-state index in [1.807, 2.05) is 0 Å². The van der Waals surface area contributed by atoms with E-state index in [0.29, 0.717) is 16.5 Å². The molecule has 1 saturated carbocycles. The van der Waals surface area contributed by atoms with Crippen molar-refractivity contribution in [3.05, 3.63) is 28.8 Å². The lowest BCUT2D eigenvalue weighted by Gasteiger charge is -2.13. The highest BCUT2D eigenvalue weighted by Gasteiger charge is 2.22. The molecule has 2 unspecified atom stereocenters. The maximum Gasteiger partial charge on any atom is 0.101 e. The summed E-state index contributed by atoms with van der Waals surface area (Å²) in [6.45, 7) is 0.784. The van der Waals surface area contributed by atoms with Crippen molar-refractivity contribution < 1.29 is 5.11 Å². The normalized spacial score (nSPS) is 23.4. The minimum atomic E-state index is -0.156. The number of nitriles is 1. The van der Waals surface area contributed by atoms with Crippen LogP contribution in [-0.4, -0.2) is 17.8 Å². The van der Waals surface area contributed by atoms with Crippen molar-refractivity contribution in [2.75, 3.05) is 11.9 Å². The molecule has 0 bridgehead atoms. The number of aliphatic hydroxyl groups excluding tert-OH is 1. The molecule has 1 aromatic rings. The van der Waals surface area contributed by atoms with E-state index in [4.69, 9.17) is 16.9 Å². The van der Waals surface area contributed by atoms with Gasteiger partial charge in [0, 0.05) is 11.6 Å². The quantitative estimate of drug-likeness (QED) is 0.867. The van der Waals surface area contributed by atoms with Crippen LogP contribution in [0.5, 0.6) is 0 Å². The summed E-state index contributed by atoms with van der Waals surface area (Å²) < 4.78 is 0. The maximum atomic E-state index is 9.44. The number of hydrogen-bond donors (Lipinski definition) is 2. The molecule has 1 fully saturated rings. The second kappa shape index (κ2) is 5.39. The van der Waals surface area contributed by atoms with Crippen molar-refractivity contribution in [1.29, 1.82) is 5.26 Å². The number of anilines is 1. The van der Waals surface area contributed by atoms with Gasteiger partial charge >= 0.3 is 0 Å². The summed E-state index contributed by atoms with van der Waals surface area (Å²) in [6.07, 6.45) is 2.61. The molecule has 0 saturated heterocycles. The Hall–Kier alpha value is -1.24. The van der Waals surface area contributed by atoms with E-state index in [1.54, 1.807) is 18.2 Å². The lowest BCUT2D eigenvalue weighted by atomic mass is 10.1. The predicted octanol–water partition coefficient (Wildman–Crippen LogP) is 2.78. The number of aliphatic hydroxyl groups is 1. The van der Waals surface area contributed by atoms with Crippen LogP contribution in [0, 0.1) is 17.2 Å². The Morgan fingerprint density at radius 2 is 2.29 bits per heavy atom. The van der Waals surface area contributed by atoms with E-state index in [9.17, 15) is 5.11 Å². The van der Waals surface area contributed by atoms with E-state index < -0.39 is 0 Å². The maximum absolute atomic E-state index is 9.44. The zero-order valence-corrected chi connectivity index (χ0v) is 10.2. The summed E-state index contributed by atoms with van der Waals surface area (Å²) in [5.41, 5.74) is 1.38.